The van der Waals surface area contributed by atoms with Crippen LogP contribution in [-0.4, -0.2) is 49.5 Å². The molecule has 0 fully saturated rings. The minimum atomic E-state index is -0.444. The molecule has 0 saturated heterocycles. The first-order valence-electron chi connectivity index (χ1n) is 10.5. The summed E-state index contributed by atoms with van der Waals surface area (Å²) in [5, 5.41) is 6.43. The van der Waals surface area contributed by atoms with Gasteiger partial charge in [-0.25, -0.2) is 4.79 Å². The zero-order valence-corrected chi connectivity index (χ0v) is 18.9. The predicted molar refractivity (Wildman–Crippen MR) is 120 cm³/mol. The molecule has 2 N–H and O–H groups in total. The molecule has 162 valence electrons. The van der Waals surface area contributed by atoms with Crippen LogP contribution in [0.3, 0.4) is 0 Å². The van der Waals surface area contributed by atoms with E-state index < -0.39 is 5.63 Å². The lowest BCUT2D eigenvalue weighted by atomic mass is 10.1. The van der Waals surface area contributed by atoms with Crippen molar-refractivity contribution >= 4 is 33.5 Å². The van der Waals surface area contributed by atoms with E-state index in [0.29, 0.717) is 27.2 Å². The Morgan fingerprint density at radius 1 is 1.10 bits per heavy atom. The van der Waals surface area contributed by atoms with Crippen LogP contribution in [0.15, 0.2) is 9.21 Å². The molecule has 2 heterocycles. The number of fused-ring (bicyclic) bond motifs is 1. The molecule has 0 radical (unpaired) electrons. The molecule has 7 nitrogen and oxygen atoms in total. The number of amides is 1. The van der Waals surface area contributed by atoms with E-state index in [4.69, 9.17) is 4.42 Å². The molecule has 2 aromatic heterocycles. The van der Waals surface area contributed by atoms with E-state index in [2.05, 4.69) is 27.4 Å². The van der Waals surface area contributed by atoms with E-state index in [1.54, 1.807) is 6.92 Å². The Morgan fingerprint density at radius 2 is 1.83 bits per heavy atom. The summed E-state index contributed by atoms with van der Waals surface area (Å²) >= 11 is 1.24. The highest BCUT2D eigenvalue weighted by atomic mass is 32.1. The Hall–Kier alpha value is -1.93. The molecule has 0 aliphatic carbocycles. The number of thiophene rings is 1. The van der Waals surface area contributed by atoms with Gasteiger partial charge in [-0.15, -0.1) is 11.3 Å². The molecule has 2 rings (SSSR count). The van der Waals surface area contributed by atoms with E-state index in [1.807, 2.05) is 14.1 Å². The topological polar surface area (TPSA) is 87.5 Å². The molecule has 0 aliphatic heterocycles. The van der Waals surface area contributed by atoms with Crippen molar-refractivity contribution in [3.8, 4) is 0 Å². The van der Waals surface area contributed by atoms with Crippen molar-refractivity contribution in [2.24, 2.45) is 0 Å². The Bertz CT molecular complexity index is 844. The van der Waals surface area contributed by atoms with Crippen LogP contribution in [0.2, 0.25) is 0 Å². The highest BCUT2D eigenvalue weighted by Gasteiger charge is 2.20. The monoisotopic (exact) mass is 422 g/mol. The van der Waals surface area contributed by atoms with Crippen LogP contribution in [0.5, 0.6) is 0 Å². The first-order chi connectivity index (χ1) is 13.9. The zero-order valence-electron chi connectivity index (χ0n) is 18.1. The van der Waals surface area contributed by atoms with Crippen LogP contribution in [0.25, 0.3) is 10.2 Å². The lowest BCUT2D eigenvalue weighted by Gasteiger charge is -2.09. The summed E-state index contributed by atoms with van der Waals surface area (Å²) < 4.78 is 5.33. The minimum absolute atomic E-state index is 0.162. The summed E-state index contributed by atoms with van der Waals surface area (Å²) in [6, 6.07) is 0.232. The third kappa shape index (κ3) is 7.12. The van der Waals surface area contributed by atoms with Crippen molar-refractivity contribution in [3.63, 3.8) is 0 Å². The normalized spacial score (nSPS) is 11.3. The second kappa shape index (κ2) is 11.9. The van der Waals surface area contributed by atoms with Gasteiger partial charge in [0.1, 0.15) is 10.2 Å². The fraction of sp³-hybridized carbons (Fsp3) is 0.667. The van der Waals surface area contributed by atoms with Crippen LogP contribution >= 0.6 is 11.3 Å². The summed E-state index contributed by atoms with van der Waals surface area (Å²) in [5.74, 6) is -0.162. The molecule has 29 heavy (non-hydrogen) atoms. The number of unbranched alkanes of at least 4 members (excludes halogenated alkanes) is 5. The number of hydrogen-bond acceptors (Lipinski definition) is 7. The van der Waals surface area contributed by atoms with Crippen molar-refractivity contribution in [1.82, 2.24) is 15.2 Å². The maximum absolute atomic E-state index is 12.5. The van der Waals surface area contributed by atoms with Gasteiger partial charge >= 0.3 is 5.63 Å². The summed E-state index contributed by atoms with van der Waals surface area (Å²) in [7, 11) is 4.00. The fourth-order valence-corrected chi connectivity index (χ4v) is 4.22. The molecule has 2 aromatic rings. The van der Waals surface area contributed by atoms with E-state index in [1.165, 1.54) is 37.0 Å². The van der Waals surface area contributed by atoms with Gasteiger partial charge < -0.3 is 20.0 Å². The predicted octanol–water partition coefficient (Wildman–Crippen LogP) is 4.01. The van der Waals surface area contributed by atoms with Crippen LogP contribution in [-0.2, 0) is 0 Å². The summed E-state index contributed by atoms with van der Waals surface area (Å²) in [5.41, 5.74) is 0.194. The number of carbonyl (C=O) groups is 1. The Balaban J connectivity index is 1.97. The number of hydrogen-bond donors (Lipinski definition) is 2. The standard InChI is InChI=1S/C21H34N4O3S/c1-5-6-7-8-9-10-12-23-21-24-19-16(20(27)28-21)15(2)17(29-19)18(26)22-13-11-14-25(3)4/h5-14H2,1-4H3,(H,22,26)(H,23,24). The zero-order chi connectivity index (χ0) is 21.2. The van der Waals surface area contributed by atoms with Gasteiger partial charge in [-0.1, -0.05) is 39.0 Å². The molecule has 0 aromatic carbocycles. The minimum Gasteiger partial charge on any atom is -0.389 e. The number of nitrogens with zero attached hydrogens (tertiary/aromatic N) is 2. The Morgan fingerprint density at radius 3 is 2.55 bits per heavy atom. The van der Waals surface area contributed by atoms with Crippen LogP contribution < -0.4 is 16.3 Å². The van der Waals surface area contributed by atoms with Crippen molar-refractivity contribution in [3.05, 3.63) is 20.9 Å². The molecular weight excluding hydrogens is 388 g/mol. The van der Waals surface area contributed by atoms with Crippen LogP contribution in [0, 0.1) is 6.92 Å². The largest absolute Gasteiger partial charge is 0.389 e. The highest BCUT2D eigenvalue weighted by Crippen LogP contribution is 2.28. The number of rotatable bonds is 13. The van der Waals surface area contributed by atoms with Gasteiger partial charge in [0.2, 0.25) is 0 Å². The molecular formula is C21H34N4O3S. The van der Waals surface area contributed by atoms with E-state index in [-0.39, 0.29) is 11.9 Å². The molecule has 0 bridgehead atoms. The first-order valence-corrected chi connectivity index (χ1v) is 11.4. The number of nitrogens with one attached hydrogen (secondary N) is 2. The third-order valence-corrected chi connectivity index (χ3v) is 5.99. The number of carbonyl (C=O) groups excluding carboxylic acids is 1. The van der Waals surface area contributed by atoms with Crippen LogP contribution in [0.1, 0.15) is 67.1 Å². The second-order valence-corrected chi connectivity index (χ2v) is 8.65. The molecule has 8 heteroatoms. The van der Waals surface area contributed by atoms with Gasteiger partial charge in [-0.05, 0) is 46.0 Å². The first kappa shape index (κ1) is 23.3. The van der Waals surface area contributed by atoms with Crippen LogP contribution in [0.4, 0.5) is 6.01 Å². The SMILES string of the molecule is CCCCCCCCNc1nc2sc(C(=O)NCCCN(C)C)c(C)c2c(=O)o1. The van der Waals surface area contributed by atoms with Gasteiger partial charge in [-0.3, -0.25) is 4.79 Å². The highest BCUT2D eigenvalue weighted by molar-refractivity contribution is 7.20. The second-order valence-electron chi connectivity index (χ2n) is 7.65. The van der Waals surface area contributed by atoms with Crippen molar-refractivity contribution in [2.75, 3.05) is 39.0 Å². The average Bonchev–Trinajstić information content (AvgIpc) is 3.01. The van der Waals surface area contributed by atoms with Gasteiger partial charge in [0, 0.05) is 13.1 Å². The van der Waals surface area contributed by atoms with Gasteiger partial charge in [0.25, 0.3) is 11.9 Å². The lowest BCUT2D eigenvalue weighted by molar-refractivity contribution is 0.0956. The maximum Gasteiger partial charge on any atom is 0.349 e. The average molecular weight is 423 g/mol. The molecule has 0 saturated carbocycles. The quantitative estimate of drug-likeness (QED) is 0.474. The van der Waals surface area contributed by atoms with Gasteiger partial charge in [0.05, 0.1) is 4.88 Å². The van der Waals surface area contributed by atoms with E-state index in [9.17, 15) is 9.59 Å². The van der Waals surface area contributed by atoms with Gasteiger partial charge in [-0.2, -0.15) is 4.98 Å². The maximum atomic E-state index is 12.5. The van der Waals surface area contributed by atoms with E-state index >= 15 is 0 Å². The number of aromatic nitrogens is 1. The van der Waals surface area contributed by atoms with Gasteiger partial charge in [0.15, 0.2) is 0 Å². The van der Waals surface area contributed by atoms with E-state index in [0.717, 1.165) is 32.4 Å². The number of anilines is 1. The number of aryl methyl sites for hydroxylation is 1. The molecule has 0 spiro atoms. The lowest BCUT2D eigenvalue weighted by Crippen LogP contribution is -2.27. The summed E-state index contributed by atoms with van der Waals surface area (Å²) in [6.07, 6.45) is 8.04. The smallest absolute Gasteiger partial charge is 0.349 e. The van der Waals surface area contributed by atoms with Crippen molar-refractivity contribution in [1.29, 1.82) is 0 Å². The molecule has 0 aliphatic rings. The molecule has 0 atom stereocenters. The Labute approximate surface area is 176 Å². The fourth-order valence-electron chi connectivity index (χ4n) is 3.14. The van der Waals surface area contributed by atoms with Crippen molar-refractivity contribution < 1.29 is 9.21 Å². The third-order valence-electron chi connectivity index (χ3n) is 4.81. The summed E-state index contributed by atoms with van der Waals surface area (Å²) in [4.78, 5) is 32.5. The molecule has 1 amide bonds. The van der Waals surface area contributed by atoms with Crippen molar-refractivity contribution in [2.45, 2.75) is 58.8 Å². The molecule has 0 unspecified atom stereocenters. The Kier molecular flexibility index (Phi) is 9.60. The summed E-state index contributed by atoms with van der Waals surface area (Å²) in [6.45, 7) is 6.20.